The molecule has 0 atom stereocenters. The van der Waals surface area contributed by atoms with Crippen molar-refractivity contribution >= 4 is 16.9 Å². The number of pyridine rings is 1. The van der Waals surface area contributed by atoms with Crippen LogP contribution in [0.5, 0.6) is 0 Å². The van der Waals surface area contributed by atoms with Gasteiger partial charge in [-0.15, -0.1) is 0 Å². The molecule has 0 unspecified atom stereocenters. The maximum atomic E-state index is 12.7. The van der Waals surface area contributed by atoms with Gasteiger partial charge in [-0.2, -0.15) is 0 Å². The molecule has 0 radical (unpaired) electrons. The Labute approximate surface area is 152 Å². The van der Waals surface area contributed by atoms with E-state index in [1.807, 2.05) is 30.3 Å². The quantitative estimate of drug-likeness (QED) is 0.742. The molecule has 1 fully saturated rings. The number of carbonyl (C=O) groups is 1. The topological polar surface area (TPSA) is 67.2 Å². The van der Waals surface area contributed by atoms with E-state index in [2.05, 4.69) is 21.7 Å². The lowest BCUT2D eigenvalue weighted by atomic mass is 9.91. The van der Waals surface area contributed by atoms with Crippen LogP contribution in [0.15, 0.2) is 53.3 Å². The number of nitrogens with one attached hydrogen (secondary N) is 2. The molecule has 4 rings (SSSR count). The van der Waals surface area contributed by atoms with Crippen LogP contribution in [-0.4, -0.2) is 30.5 Å². The van der Waals surface area contributed by atoms with Crippen molar-refractivity contribution in [2.45, 2.75) is 25.2 Å². The Hall–Kier alpha value is -2.66. The molecule has 0 aliphatic carbocycles. The summed E-state index contributed by atoms with van der Waals surface area (Å²) in [5, 5.41) is 7.50. The number of benzene rings is 1. The van der Waals surface area contributed by atoms with Crippen LogP contribution in [0.25, 0.3) is 11.0 Å². The van der Waals surface area contributed by atoms with Crippen LogP contribution in [0.3, 0.4) is 0 Å². The fourth-order valence-electron chi connectivity index (χ4n) is 3.62. The molecule has 2 aromatic heterocycles. The van der Waals surface area contributed by atoms with Crippen molar-refractivity contribution in [3.63, 3.8) is 0 Å². The number of amides is 1. The molecule has 1 amide bonds. The van der Waals surface area contributed by atoms with Gasteiger partial charge in [0, 0.05) is 24.0 Å². The highest BCUT2D eigenvalue weighted by Crippen LogP contribution is 2.26. The average molecular weight is 349 g/mol. The van der Waals surface area contributed by atoms with Gasteiger partial charge in [0.25, 0.3) is 5.91 Å². The maximum Gasteiger partial charge on any atom is 0.253 e. The van der Waals surface area contributed by atoms with E-state index in [1.165, 1.54) is 5.56 Å². The zero-order valence-electron chi connectivity index (χ0n) is 14.7. The zero-order chi connectivity index (χ0) is 17.8. The van der Waals surface area contributed by atoms with Crippen molar-refractivity contribution in [2.24, 2.45) is 0 Å². The maximum absolute atomic E-state index is 12.7. The van der Waals surface area contributed by atoms with Gasteiger partial charge in [0.1, 0.15) is 5.58 Å². The summed E-state index contributed by atoms with van der Waals surface area (Å²) in [5.74, 6) is 0.331. The number of aromatic nitrogens is 1. The van der Waals surface area contributed by atoms with E-state index >= 15 is 0 Å². The second-order valence-corrected chi connectivity index (χ2v) is 6.76. The Bertz CT molecular complexity index is 897. The second kappa shape index (κ2) is 7.70. The third-order valence-corrected chi connectivity index (χ3v) is 5.03. The summed E-state index contributed by atoms with van der Waals surface area (Å²) in [6.45, 7) is 2.57. The molecule has 2 N–H and O–H groups in total. The van der Waals surface area contributed by atoms with E-state index in [9.17, 15) is 4.79 Å². The largest absolute Gasteiger partial charge is 0.464 e. The molecule has 1 aromatic carbocycles. The van der Waals surface area contributed by atoms with Gasteiger partial charge in [-0.1, -0.05) is 6.07 Å². The summed E-state index contributed by atoms with van der Waals surface area (Å²) in [5.41, 5.74) is 3.72. The SMILES string of the molecule is O=C(NCCc1ccc2occc2c1)c1cccnc1C1CCNCC1. The van der Waals surface area contributed by atoms with Gasteiger partial charge in [-0.3, -0.25) is 9.78 Å². The summed E-state index contributed by atoms with van der Waals surface area (Å²) in [7, 11) is 0. The zero-order valence-corrected chi connectivity index (χ0v) is 14.7. The van der Waals surface area contributed by atoms with Crippen molar-refractivity contribution in [1.29, 1.82) is 0 Å². The van der Waals surface area contributed by atoms with Crippen LogP contribution in [-0.2, 0) is 6.42 Å². The lowest BCUT2D eigenvalue weighted by molar-refractivity contribution is 0.0952. The van der Waals surface area contributed by atoms with Crippen LogP contribution >= 0.6 is 0 Å². The number of nitrogens with zero attached hydrogens (tertiary/aromatic N) is 1. The third-order valence-electron chi connectivity index (χ3n) is 5.03. The highest BCUT2D eigenvalue weighted by molar-refractivity contribution is 5.95. The monoisotopic (exact) mass is 349 g/mol. The van der Waals surface area contributed by atoms with Crippen LogP contribution < -0.4 is 10.6 Å². The summed E-state index contributed by atoms with van der Waals surface area (Å²) >= 11 is 0. The Morgan fingerprint density at radius 3 is 3.00 bits per heavy atom. The van der Waals surface area contributed by atoms with Gasteiger partial charge in [0.2, 0.25) is 0 Å². The molecule has 5 nitrogen and oxygen atoms in total. The van der Waals surface area contributed by atoms with Gasteiger partial charge >= 0.3 is 0 Å². The van der Waals surface area contributed by atoms with Crippen LogP contribution in [0, 0.1) is 0 Å². The minimum atomic E-state index is -0.0315. The van der Waals surface area contributed by atoms with E-state index in [4.69, 9.17) is 4.42 Å². The summed E-state index contributed by atoms with van der Waals surface area (Å²) in [6.07, 6.45) is 6.33. The minimum absolute atomic E-state index is 0.0315. The second-order valence-electron chi connectivity index (χ2n) is 6.76. The first-order valence-electron chi connectivity index (χ1n) is 9.21. The lowest BCUT2D eigenvalue weighted by Gasteiger charge is -2.23. The van der Waals surface area contributed by atoms with E-state index in [-0.39, 0.29) is 5.91 Å². The van der Waals surface area contributed by atoms with Gasteiger partial charge < -0.3 is 15.1 Å². The molecule has 5 heteroatoms. The molecular weight excluding hydrogens is 326 g/mol. The average Bonchev–Trinajstić information content (AvgIpc) is 3.16. The normalized spacial score (nSPS) is 15.2. The molecule has 0 bridgehead atoms. The fourth-order valence-corrected chi connectivity index (χ4v) is 3.62. The number of rotatable bonds is 5. The molecule has 1 aliphatic heterocycles. The number of hydrogen-bond acceptors (Lipinski definition) is 4. The Morgan fingerprint density at radius 2 is 2.12 bits per heavy atom. The van der Waals surface area contributed by atoms with Gasteiger partial charge in [0.05, 0.1) is 17.5 Å². The van der Waals surface area contributed by atoms with E-state index in [1.54, 1.807) is 12.5 Å². The van der Waals surface area contributed by atoms with Crippen molar-refractivity contribution in [3.05, 3.63) is 65.7 Å². The lowest BCUT2D eigenvalue weighted by Crippen LogP contribution is -2.30. The van der Waals surface area contributed by atoms with Crippen molar-refractivity contribution < 1.29 is 9.21 Å². The molecule has 0 saturated carbocycles. The third kappa shape index (κ3) is 3.63. The summed E-state index contributed by atoms with van der Waals surface area (Å²) < 4.78 is 5.36. The van der Waals surface area contributed by atoms with Gasteiger partial charge in [-0.05, 0) is 68.2 Å². The van der Waals surface area contributed by atoms with Crippen molar-refractivity contribution in [1.82, 2.24) is 15.6 Å². The molecule has 1 aliphatic rings. The van der Waals surface area contributed by atoms with Gasteiger partial charge in [0.15, 0.2) is 0 Å². The standard InChI is InChI=1S/C21H23N3O2/c25-21(18-2-1-9-23-20(18)16-6-10-22-11-7-16)24-12-5-15-3-4-19-17(14-15)8-13-26-19/h1-4,8-9,13-14,16,22H,5-7,10-12H2,(H,24,25). The summed E-state index contributed by atoms with van der Waals surface area (Å²) in [6, 6.07) is 11.8. The molecular formula is C21H23N3O2. The van der Waals surface area contributed by atoms with Crippen molar-refractivity contribution in [2.75, 3.05) is 19.6 Å². The van der Waals surface area contributed by atoms with E-state index < -0.39 is 0 Å². The van der Waals surface area contributed by atoms with Crippen LogP contribution in [0.2, 0.25) is 0 Å². The molecule has 26 heavy (non-hydrogen) atoms. The minimum Gasteiger partial charge on any atom is -0.464 e. The summed E-state index contributed by atoms with van der Waals surface area (Å²) in [4.78, 5) is 17.2. The van der Waals surface area contributed by atoms with E-state index in [0.717, 1.165) is 49.0 Å². The van der Waals surface area contributed by atoms with Crippen LogP contribution in [0.4, 0.5) is 0 Å². The Kier molecular flexibility index (Phi) is 4.97. The smallest absolute Gasteiger partial charge is 0.253 e. The molecule has 134 valence electrons. The highest BCUT2D eigenvalue weighted by atomic mass is 16.3. The number of carbonyl (C=O) groups excluding carboxylic acids is 1. The van der Waals surface area contributed by atoms with E-state index in [0.29, 0.717) is 18.0 Å². The number of hydrogen-bond donors (Lipinski definition) is 2. The Balaban J connectivity index is 1.40. The predicted octanol–water partition coefficient (Wildman–Crippen LogP) is 3.27. The number of piperidine rings is 1. The van der Waals surface area contributed by atoms with Gasteiger partial charge in [-0.25, -0.2) is 0 Å². The fraction of sp³-hybridized carbons (Fsp3) is 0.333. The Morgan fingerprint density at radius 1 is 1.23 bits per heavy atom. The number of furan rings is 1. The first-order valence-corrected chi connectivity index (χ1v) is 9.21. The molecule has 0 spiro atoms. The first-order chi connectivity index (χ1) is 12.8. The first kappa shape index (κ1) is 16.8. The molecule has 1 saturated heterocycles. The number of fused-ring (bicyclic) bond motifs is 1. The van der Waals surface area contributed by atoms with Crippen LogP contribution in [0.1, 0.15) is 40.4 Å². The molecule has 3 aromatic rings. The molecule has 3 heterocycles. The predicted molar refractivity (Wildman–Crippen MR) is 101 cm³/mol. The van der Waals surface area contributed by atoms with Crippen molar-refractivity contribution in [3.8, 4) is 0 Å². The highest BCUT2D eigenvalue weighted by Gasteiger charge is 2.22.